The quantitative estimate of drug-likeness (QED) is 0.424. The van der Waals surface area contributed by atoms with Crippen LogP contribution < -0.4 is 16.2 Å². The van der Waals surface area contributed by atoms with Gasteiger partial charge in [0.05, 0.1) is 4.88 Å². The Morgan fingerprint density at radius 2 is 2.04 bits per heavy atom. The molecule has 1 fully saturated rings. The van der Waals surface area contributed by atoms with Crippen molar-refractivity contribution < 1.29 is 9.59 Å². The zero-order valence-electron chi connectivity index (χ0n) is 14.1. The van der Waals surface area contributed by atoms with Crippen molar-refractivity contribution >= 4 is 40.4 Å². The number of thiocarbonyl (C=S) groups is 1. The molecule has 1 aromatic rings. The van der Waals surface area contributed by atoms with Gasteiger partial charge in [-0.05, 0) is 41.9 Å². The average molecular weight is 368 g/mol. The molecule has 0 aromatic carbocycles. The molecule has 2 rings (SSSR count). The summed E-state index contributed by atoms with van der Waals surface area (Å²) in [6.45, 7) is 4.50. The molecule has 0 aliphatic heterocycles. The molecule has 1 aliphatic carbocycles. The molecule has 0 saturated heterocycles. The molecular formula is C17H25N3O2S2. The van der Waals surface area contributed by atoms with Crippen LogP contribution in [0.2, 0.25) is 0 Å². The van der Waals surface area contributed by atoms with Crippen LogP contribution in [0.4, 0.5) is 0 Å². The standard InChI is InChI=1S/C17H25N3O2S2/c1-11-5-3-6-13(12(11)2)18-17(23)20-19-16(22)9-8-14(21)15-7-4-10-24-15/h4,7,10-13H,3,5-6,8-9H2,1-2H3,(H,19,22)(H2,18,20,23)/t11-,12+,13+/m0/s1. The first-order valence-corrected chi connectivity index (χ1v) is 9.68. The molecule has 1 amide bonds. The highest BCUT2D eigenvalue weighted by Crippen LogP contribution is 2.29. The third kappa shape index (κ3) is 5.56. The third-order valence-electron chi connectivity index (χ3n) is 4.71. The molecule has 0 spiro atoms. The van der Waals surface area contributed by atoms with Crippen molar-refractivity contribution in [3.8, 4) is 0 Å². The van der Waals surface area contributed by atoms with Crippen LogP contribution in [0, 0.1) is 11.8 Å². The first-order chi connectivity index (χ1) is 11.5. The predicted octanol–water partition coefficient (Wildman–Crippen LogP) is 3.03. The monoisotopic (exact) mass is 367 g/mol. The molecule has 0 unspecified atom stereocenters. The van der Waals surface area contributed by atoms with E-state index in [2.05, 4.69) is 30.0 Å². The topological polar surface area (TPSA) is 70.2 Å². The number of hydrazine groups is 1. The van der Waals surface area contributed by atoms with E-state index in [4.69, 9.17) is 12.2 Å². The molecule has 132 valence electrons. The van der Waals surface area contributed by atoms with E-state index in [1.165, 1.54) is 24.2 Å². The second kappa shape index (κ2) is 9.13. The van der Waals surface area contributed by atoms with Gasteiger partial charge >= 0.3 is 0 Å². The second-order valence-corrected chi connectivity index (χ2v) is 7.78. The number of hydrogen-bond acceptors (Lipinski definition) is 4. The van der Waals surface area contributed by atoms with Crippen molar-refractivity contribution in [1.82, 2.24) is 16.2 Å². The minimum absolute atomic E-state index is 0.00845. The molecule has 1 aliphatic rings. The van der Waals surface area contributed by atoms with Gasteiger partial charge in [0.25, 0.3) is 0 Å². The molecule has 7 heteroatoms. The highest BCUT2D eigenvalue weighted by Gasteiger charge is 2.27. The molecule has 5 nitrogen and oxygen atoms in total. The first-order valence-electron chi connectivity index (χ1n) is 8.39. The minimum atomic E-state index is -0.242. The zero-order chi connectivity index (χ0) is 17.5. The summed E-state index contributed by atoms with van der Waals surface area (Å²) in [6.07, 6.45) is 3.89. The molecule has 24 heavy (non-hydrogen) atoms. The van der Waals surface area contributed by atoms with E-state index >= 15 is 0 Å². The average Bonchev–Trinajstić information content (AvgIpc) is 3.09. The van der Waals surface area contributed by atoms with E-state index in [9.17, 15) is 9.59 Å². The van der Waals surface area contributed by atoms with Crippen molar-refractivity contribution in [2.24, 2.45) is 11.8 Å². The molecule has 0 radical (unpaired) electrons. The molecule has 0 bridgehead atoms. The highest BCUT2D eigenvalue weighted by atomic mass is 32.1. The lowest BCUT2D eigenvalue weighted by Gasteiger charge is -2.35. The maximum Gasteiger partial charge on any atom is 0.238 e. The van der Waals surface area contributed by atoms with Gasteiger partial charge in [-0.3, -0.25) is 20.4 Å². The van der Waals surface area contributed by atoms with Crippen molar-refractivity contribution in [3.05, 3.63) is 22.4 Å². The van der Waals surface area contributed by atoms with Crippen molar-refractivity contribution in [2.75, 3.05) is 0 Å². The number of rotatable bonds is 5. The summed E-state index contributed by atoms with van der Waals surface area (Å²) < 4.78 is 0. The Morgan fingerprint density at radius 1 is 1.25 bits per heavy atom. The summed E-state index contributed by atoms with van der Waals surface area (Å²) in [4.78, 5) is 24.4. The number of Topliss-reactive ketones (excluding diaryl/α,β-unsaturated/α-hetero) is 1. The van der Waals surface area contributed by atoms with Crippen LogP contribution in [0.5, 0.6) is 0 Å². The van der Waals surface area contributed by atoms with Gasteiger partial charge in [0.1, 0.15) is 0 Å². The van der Waals surface area contributed by atoms with Gasteiger partial charge in [-0.1, -0.05) is 32.8 Å². The Morgan fingerprint density at radius 3 is 2.75 bits per heavy atom. The fourth-order valence-corrected chi connectivity index (χ4v) is 3.86. The van der Waals surface area contributed by atoms with Crippen molar-refractivity contribution in [3.63, 3.8) is 0 Å². The summed E-state index contributed by atoms with van der Waals surface area (Å²) in [6, 6.07) is 3.94. The Hall–Kier alpha value is -1.47. The highest BCUT2D eigenvalue weighted by molar-refractivity contribution is 7.80. The number of ketones is 1. The van der Waals surface area contributed by atoms with Gasteiger partial charge in [0, 0.05) is 18.9 Å². The number of nitrogens with one attached hydrogen (secondary N) is 3. The van der Waals surface area contributed by atoms with E-state index in [0.29, 0.717) is 27.9 Å². The van der Waals surface area contributed by atoms with Gasteiger partial charge in [-0.2, -0.15) is 0 Å². The van der Waals surface area contributed by atoms with E-state index in [0.717, 1.165) is 6.42 Å². The maximum absolute atomic E-state index is 11.8. The van der Waals surface area contributed by atoms with Crippen LogP contribution >= 0.6 is 23.6 Å². The Kier molecular flexibility index (Phi) is 7.17. The lowest BCUT2D eigenvalue weighted by atomic mass is 9.78. The van der Waals surface area contributed by atoms with Gasteiger partial charge in [0.2, 0.25) is 5.91 Å². The van der Waals surface area contributed by atoms with E-state index < -0.39 is 0 Å². The summed E-state index contributed by atoms with van der Waals surface area (Å²) >= 11 is 6.64. The third-order valence-corrected chi connectivity index (χ3v) is 5.84. The number of carbonyl (C=O) groups excluding carboxylic acids is 2. The van der Waals surface area contributed by atoms with Gasteiger partial charge in [-0.15, -0.1) is 11.3 Å². The lowest BCUT2D eigenvalue weighted by Crippen LogP contribution is -2.52. The summed E-state index contributed by atoms with van der Waals surface area (Å²) in [5.41, 5.74) is 5.29. The smallest absolute Gasteiger partial charge is 0.238 e. The van der Waals surface area contributed by atoms with E-state index in [1.807, 2.05) is 11.4 Å². The van der Waals surface area contributed by atoms with E-state index in [-0.39, 0.29) is 24.5 Å². The normalized spacial score (nSPS) is 23.3. The van der Waals surface area contributed by atoms with Crippen LogP contribution in [0.3, 0.4) is 0 Å². The van der Waals surface area contributed by atoms with Gasteiger partial charge < -0.3 is 5.32 Å². The Bertz CT molecular complexity index is 574. The van der Waals surface area contributed by atoms with Gasteiger partial charge in [-0.25, -0.2) is 0 Å². The first kappa shape index (κ1) is 18.9. The number of hydrogen-bond donors (Lipinski definition) is 3. The fourth-order valence-electron chi connectivity index (χ4n) is 2.97. The summed E-state index contributed by atoms with van der Waals surface area (Å²) in [5, 5.41) is 5.56. The SMILES string of the molecule is C[C@@H]1[C@@H](C)CCC[C@H]1NC(=S)NNC(=O)CCC(=O)c1cccs1. The molecule has 3 atom stereocenters. The molecule has 3 N–H and O–H groups in total. The predicted molar refractivity (Wildman–Crippen MR) is 101 cm³/mol. The molecular weight excluding hydrogens is 342 g/mol. The maximum atomic E-state index is 11.8. The summed E-state index contributed by atoms with van der Waals surface area (Å²) in [5.74, 6) is 0.981. The number of amides is 1. The second-order valence-electron chi connectivity index (χ2n) is 6.42. The van der Waals surface area contributed by atoms with Gasteiger partial charge in [0.15, 0.2) is 10.9 Å². The van der Waals surface area contributed by atoms with E-state index in [1.54, 1.807) is 6.07 Å². The fraction of sp³-hybridized carbons (Fsp3) is 0.588. The lowest BCUT2D eigenvalue weighted by molar-refractivity contribution is -0.121. The van der Waals surface area contributed by atoms with Crippen LogP contribution in [0.25, 0.3) is 0 Å². The largest absolute Gasteiger partial charge is 0.358 e. The zero-order valence-corrected chi connectivity index (χ0v) is 15.8. The molecule has 1 heterocycles. The number of thiophene rings is 1. The Labute approximate surface area is 152 Å². The minimum Gasteiger partial charge on any atom is -0.358 e. The molecule has 1 aromatic heterocycles. The Balaban J connectivity index is 1.66. The van der Waals surface area contributed by atoms with Crippen molar-refractivity contribution in [1.29, 1.82) is 0 Å². The summed E-state index contributed by atoms with van der Waals surface area (Å²) in [7, 11) is 0. The molecule has 1 saturated carbocycles. The van der Waals surface area contributed by atoms with Crippen molar-refractivity contribution in [2.45, 2.75) is 52.0 Å². The van der Waals surface area contributed by atoms with Crippen LogP contribution in [-0.4, -0.2) is 22.8 Å². The van der Waals surface area contributed by atoms with Crippen LogP contribution in [0.15, 0.2) is 17.5 Å². The number of carbonyl (C=O) groups is 2. The van der Waals surface area contributed by atoms with Crippen LogP contribution in [-0.2, 0) is 4.79 Å². The van der Waals surface area contributed by atoms with Crippen LogP contribution in [0.1, 0.15) is 55.6 Å².